The van der Waals surface area contributed by atoms with Crippen molar-refractivity contribution < 1.29 is 9.59 Å². The quantitative estimate of drug-likeness (QED) is 0.767. The van der Waals surface area contributed by atoms with Crippen LogP contribution in [0.5, 0.6) is 0 Å². The number of hydrogen-bond donors (Lipinski definition) is 1. The summed E-state index contributed by atoms with van der Waals surface area (Å²) in [5.41, 5.74) is 5.94. The van der Waals surface area contributed by atoms with Crippen molar-refractivity contribution in [3.63, 3.8) is 0 Å². The van der Waals surface area contributed by atoms with Crippen LogP contribution in [0.15, 0.2) is 30.6 Å². The highest BCUT2D eigenvalue weighted by Crippen LogP contribution is 2.17. The number of nitrogens with two attached hydrogens (primary N) is 1. The summed E-state index contributed by atoms with van der Waals surface area (Å²) in [5, 5.41) is 8.75. The molecule has 86 valence electrons. The van der Waals surface area contributed by atoms with Gasteiger partial charge in [0.1, 0.15) is 5.92 Å². The molecule has 17 heavy (non-hydrogen) atoms. The molecule has 0 saturated carbocycles. The number of rotatable bonds is 4. The summed E-state index contributed by atoms with van der Waals surface area (Å²) >= 11 is 0. The molecule has 0 bridgehead atoms. The molecular formula is C12H11N3O2. The van der Waals surface area contributed by atoms with Gasteiger partial charge >= 0.3 is 0 Å². The maximum Gasteiger partial charge on any atom is 0.238 e. The van der Waals surface area contributed by atoms with Crippen molar-refractivity contribution in [2.45, 2.75) is 6.92 Å². The Morgan fingerprint density at radius 2 is 2.06 bits per heavy atom. The molecule has 5 heteroatoms. The molecule has 0 radical (unpaired) electrons. The Morgan fingerprint density at radius 3 is 2.47 bits per heavy atom. The van der Waals surface area contributed by atoms with Gasteiger partial charge in [0.2, 0.25) is 5.91 Å². The molecule has 5 nitrogen and oxygen atoms in total. The van der Waals surface area contributed by atoms with Gasteiger partial charge < -0.3 is 5.73 Å². The second-order valence-corrected chi connectivity index (χ2v) is 3.38. The first-order valence-electron chi connectivity index (χ1n) is 4.88. The fourth-order valence-electron chi connectivity index (χ4n) is 1.30. The Bertz CT molecular complexity index is 500. The Labute approximate surface area is 98.6 Å². The monoisotopic (exact) mass is 229 g/mol. The zero-order valence-electron chi connectivity index (χ0n) is 9.25. The fraction of sp³-hybridized carbons (Fsp3) is 0.167. The molecule has 1 aromatic heterocycles. The molecule has 0 fully saturated rings. The molecule has 1 amide bonds. The summed E-state index contributed by atoms with van der Waals surface area (Å²) < 4.78 is 0. The molecule has 0 aliphatic rings. The van der Waals surface area contributed by atoms with Crippen molar-refractivity contribution in [1.82, 2.24) is 4.98 Å². The summed E-state index contributed by atoms with van der Waals surface area (Å²) in [6, 6.07) is 4.99. The lowest BCUT2D eigenvalue weighted by Gasteiger charge is -2.05. The average Bonchev–Trinajstić information content (AvgIpc) is 2.30. The Balaban J connectivity index is 3.20. The van der Waals surface area contributed by atoms with E-state index in [1.165, 1.54) is 25.4 Å². The highest BCUT2D eigenvalue weighted by Gasteiger charge is 2.15. The SMILES string of the molecule is CC(=O)/C(=C\C(C#N)C(N)=O)c1ccncc1. The number of carbonyl (C=O) groups is 2. The fourth-order valence-corrected chi connectivity index (χ4v) is 1.30. The van der Waals surface area contributed by atoms with Crippen molar-refractivity contribution in [2.24, 2.45) is 11.7 Å². The molecule has 0 aromatic carbocycles. The van der Waals surface area contributed by atoms with Crippen LogP contribution in [0.1, 0.15) is 12.5 Å². The van der Waals surface area contributed by atoms with Crippen LogP contribution < -0.4 is 5.73 Å². The lowest BCUT2D eigenvalue weighted by molar-refractivity contribution is -0.119. The maximum atomic E-state index is 11.5. The number of allylic oxidation sites excluding steroid dienone is 1. The Morgan fingerprint density at radius 1 is 1.47 bits per heavy atom. The first-order valence-corrected chi connectivity index (χ1v) is 4.88. The van der Waals surface area contributed by atoms with Crippen LogP contribution >= 0.6 is 0 Å². The van der Waals surface area contributed by atoms with E-state index in [4.69, 9.17) is 11.0 Å². The number of amides is 1. The first kappa shape index (κ1) is 12.6. The van der Waals surface area contributed by atoms with Gasteiger partial charge in [0.25, 0.3) is 0 Å². The van der Waals surface area contributed by atoms with Gasteiger partial charge in [-0.25, -0.2) is 0 Å². The smallest absolute Gasteiger partial charge is 0.238 e. The zero-order chi connectivity index (χ0) is 12.8. The van der Waals surface area contributed by atoms with Crippen LogP contribution in [0, 0.1) is 17.2 Å². The third-order valence-corrected chi connectivity index (χ3v) is 2.15. The zero-order valence-corrected chi connectivity index (χ0v) is 9.25. The number of primary amides is 1. The van der Waals surface area contributed by atoms with Crippen molar-refractivity contribution in [3.8, 4) is 6.07 Å². The molecule has 1 atom stereocenters. The van der Waals surface area contributed by atoms with Gasteiger partial charge in [-0.3, -0.25) is 14.6 Å². The minimum absolute atomic E-state index is 0.238. The number of nitrogens with zero attached hydrogens (tertiary/aromatic N) is 2. The van der Waals surface area contributed by atoms with Crippen molar-refractivity contribution in [1.29, 1.82) is 5.26 Å². The first-order chi connectivity index (χ1) is 8.06. The van der Waals surface area contributed by atoms with Crippen molar-refractivity contribution in [2.75, 3.05) is 0 Å². The summed E-state index contributed by atoms with van der Waals surface area (Å²) in [7, 11) is 0. The van der Waals surface area contributed by atoms with E-state index in [2.05, 4.69) is 4.98 Å². The summed E-state index contributed by atoms with van der Waals surface area (Å²) in [6.07, 6.45) is 4.33. The van der Waals surface area contributed by atoms with E-state index >= 15 is 0 Å². The lowest BCUT2D eigenvalue weighted by Crippen LogP contribution is -2.20. The van der Waals surface area contributed by atoms with E-state index in [1.54, 1.807) is 18.2 Å². The highest BCUT2D eigenvalue weighted by atomic mass is 16.1. The second-order valence-electron chi connectivity index (χ2n) is 3.38. The van der Waals surface area contributed by atoms with E-state index < -0.39 is 11.8 Å². The molecule has 0 saturated heterocycles. The van der Waals surface area contributed by atoms with Crippen LogP contribution in [-0.2, 0) is 9.59 Å². The van der Waals surface area contributed by atoms with E-state index in [9.17, 15) is 9.59 Å². The Hall–Kier alpha value is -2.48. The van der Waals surface area contributed by atoms with E-state index in [0.717, 1.165) is 0 Å². The summed E-state index contributed by atoms with van der Waals surface area (Å²) in [4.78, 5) is 26.2. The van der Waals surface area contributed by atoms with E-state index in [1.807, 2.05) is 0 Å². The van der Waals surface area contributed by atoms with Gasteiger partial charge in [0.15, 0.2) is 5.78 Å². The number of aromatic nitrogens is 1. The number of nitriles is 1. The topological polar surface area (TPSA) is 96.8 Å². The van der Waals surface area contributed by atoms with Gasteiger partial charge in [-0.1, -0.05) is 0 Å². The Kier molecular flexibility index (Phi) is 4.12. The molecule has 1 aromatic rings. The maximum absolute atomic E-state index is 11.5. The van der Waals surface area contributed by atoms with Crippen molar-refractivity contribution >= 4 is 17.3 Å². The second kappa shape index (κ2) is 5.56. The minimum Gasteiger partial charge on any atom is -0.368 e. The highest BCUT2D eigenvalue weighted by molar-refractivity contribution is 6.20. The number of hydrogen-bond acceptors (Lipinski definition) is 4. The molecule has 0 spiro atoms. The predicted molar refractivity (Wildman–Crippen MR) is 61.2 cm³/mol. The van der Waals surface area contributed by atoms with Crippen molar-refractivity contribution in [3.05, 3.63) is 36.2 Å². The number of pyridine rings is 1. The third kappa shape index (κ3) is 3.24. The van der Waals surface area contributed by atoms with Crippen LogP contribution in [0.3, 0.4) is 0 Å². The minimum atomic E-state index is -1.11. The normalized spacial score (nSPS) is 12.6. The molecule has 1 unspecified atom stereocenters. The summed E-state index contributed by atoms with van der Waals surface area (Å²) in [5.74, 6) is -2.12. The number of carbonyl (C=O) groups excluding carboxylic acids is 2. The number of Topliss-reactive ketones (excluding diaryl/α,β-unsaturated/α-hetero) is 1. The molecular weight excluding hydrogens is 218 g/mol. The summed E-state index contributed by atoms with van der Waals surface area (Å²) in [6.45, 7) is 1.36. The number of ketones is 1. The molecule has 0 aliphatic carbocycles. The van der Waals surface area contributed by atoms with Gasteiger partial charge in [0.05, 0.1) is 6.07 Å². The molecule has 1 heterocycles. The average molecular weight is 229 g/mol. The predicted octanol–water partition coefficient (Wildman–Crippen LogP) is 0.679. The largest absolute Gasteiger partial charge is 0.368 e. The molecule has 1 rings (SSSR count). The van der Waals surface area contributed by atoms with Gasteiger partial charge in [0, 0.05) is 18.0 Å². The van der Waals surface area contributed by atoms with Crippen LogP contribution in [0.2, 0.25) is 0 Å². The van der Waals surface area contributed by atoms with Crippen LogP contribution in [0.4, 0.5) is 0 Å². The van der Waals surface area contributed by atoms with Gasteiger partial charge in [-0.05, 0) is 30.7 Å². The van der Waals surface area contributed by atoms with E-state index in [0.29, 0.717) is 5.56 Å². The van der Waals surface area contributed by atoms with Gasteiger partial charge in [-0.15, -0.1) is 0 Å². The molecule has 0 aliphatic heterocycles. The standard InChI is InChI=1S/C12H11N3O2/c1-8(16)11(6-10(7-13)12(14)17)9-2-4-15-5-3-9/h2-6,10H,1H3,(H2,14,17)/b11-6+. The van der Waals surface area contributed by atoms with Crippen LogP contribution in [-0.4, -0.2) is 16.7 Å². The van der Waals surface area contributed by atoms with Gasteiger partial charge in [-0.2, -0.15) is 5.26 Å². The lowest BCUT2D eigenvalue weighted by atomic mass is 9.98. The molecule has 2 N–H and O–H groups in total. The third-order valence-electron chi connectivity index (χ3n) is 2.15. The van der Waals surface area contributed by atoms with Crippen LogP contribution in [0.25, 0.3) is 5.57 Å². The van der Waals surface area contributed by atoms with E-state index in [-0.39, 0.29) is 11.4 Å².